The van der Waals surface area contributed by atoms with Crippen LogP contribution in [0, 0.1) is 6.92 Å². The largest absolute Gasteiger partial charge is 0.307 e. The first-order valence-electron chi connectivity index (χ1n) is 8.47. The quantitative estimate of drug-likeness (QED) is 0.484. The van der Waals surface area contributed by atoms with Crippen molar-refractivity contribution >= 4 is 21.6 Å². The molecule has 0 heterocycles. The molecule has 6 heteroatoms. The summed E-state index contributed by atoms with van der Waals surface area (Å²) in [6.07, 6.45) is 0. The number of benzene rings is 3. The van der Waals surface area contributed by atoms with Crippen molar-refractivity contribution in [2.75, 3.05) is 0 Å². The van der Waals surface area contributed by atoms with E-state index in [0.717, 1.165) is 11.1 Å². The zero-order valence-electron chi connectivity index (χ0n) is 14.8. The van der Waals surface area contributed by atoms with Crippen LogP contribution < -0.4 is 10.5 Å². The molecule has 0 aromatic heterocycles. The Morgan fingerprint density at radius 3 is 1.96 bits per heavy atom. The third-order valence-electron chi connectivity index (χ3n) is 4.38. The summed E-state index contributed by atoms with van der Waals surface area (Å²) in [6, 6.07) is 24.7. The van der Waals surface area contributed by atoms with Crippen LogP contribution in [0.2, 0.25) is 0 Å². The van der Waals surface area contributed by atoms with Crippen LogP contribution in [0.3, 0.4) is 0 Å². The fourth-order valence-corrected chi connectivity index (χ4v) is 4.54. The van der Waals surface area contributed by atoms with Crippen LogP contribution in [-0.2, 0) is 15.7 Å². The molecule has 140 valence electrons. The number of hydrogen-bond acceptors (Lipinski definition) is 3. The molecule has 0 unspecified atom stereocenters. The number of aryl methyl sites for hydroxylation is 1. The third kappa shape index (κ3) is 4.22. The summed E-state index contributed by atoms with van der Waals surface area (Å²) in [4.78, 5) is 0.135. The fraction of sp³-hybridized carbons (Fsp3) is 0.143. The van der Waals surface area contributed by atoms with E-state index in [1.54, 1.807) is 48.5 Å². The van der Waals surface area contributed by atoms with Crippen LogP contribution in [0.1, 0.15) is 22.1 Å². The van der Waals surface area contributed by atoms with E-state index in [2.05, 4.69) is 4.72 Å². The standard InChI is InChI=1S/C21H21ClN2O2S/c1-16-12-14-19(15-13-16)27(25,26)24-21(23,18-10-6-3-7-11-18)20(22)17-8-4-2-5-9-17/h2-15,20,24H,23H2,1H3/t20-,21-/m0/s1. The second-order valence-corrected chi connectivity index (χ2v) is 8.55. The molecule has 0 bridgehead atoms. The molecule has 3 aromatic rings. The molecule has 3 N–H and O–H groups in total. The summed E-state index contributed by atoms with van der Waals surface area (Å²) >= 11 is 6.71. The predicted octanol–water partition coefficient (Wildman–Crippen LogP) is 4.07. The SMILES string of the molecule is Cc1ccc(S(=O)(=O)N[C@@](N)(c2ccccc2)[C@@H](Cl)c2ccccc2)cc1. The maximum absolute atomic E-state index is 13.0. The minimum absolute atomic E-state index is 0.135. The molecule has 2 atom stereocenters. The van der Waals surface area contributed by atoms with Gasteiger partial charge in [-0.15, -0.1) is 11.6 Å². The fourth-order valence-electron chi connectivity index (χ4n) is 2.85. The molecule has 0 aliphatic heterocycles. The number of sulfonamides is 1. The Labute approximate surface area is 165 Å². The van der Waals surface area contributed by atoms with Crippen LogP contribution in [0.15, 0.2) is 89.8 Å². The van der Waals surface area contributed by atoms with Crippen molar-refractivity contribution in [1.82, 2.24) is 4.72 Å². The number of rotatable bonds is 6. The minimum Gasteiger partial charge on any atom is -0.307 e. The first kappa shape index (κ1) is 19.6. The lowest BCUT2D eigenvalue weighted by Gasteiger charge is -2.35. The van der Waals surface area contributed by atoms with Gasteiger partial charge < -0.3 is 5.73 Å². The molecule has 0 spiro atoms. The molecule has 3 aromatic carbocycles. The molecular formula is C21H21ClN2O2S. The van der Waals surface area contributed by atoms with Gasteiger partial charge in [0.2, 0.25) is 10.0 Å². The zero-order valence-corrected chi connectivity index (χ0v) is 16.4. The molecule has 27 heavy (non-hydrogen) atoms. The Hall–Kier alpha value is -2.18. The van der Waals surface area contributed by atoms with Gasteiger partial charge in [-0.05, 0) is 30.2 Å². The van der Waals surface area contributed by atoms with Gasteiger partial charge in [-0.1, -0.05) is 78.4 Å². The lowest BCUT2D eigenvalue weighted by Crippen LogP contribution is -2.55. The highest BCUT2D eigenvalue weighted by Crippen LogP contribution is 2.37. The molecule has 0 amide bonds. The number of nitrogens with one attached hydrogen (secondary N) is 1. The summed E-state index contributed by atoms with van der Waals surface area (Å²) in [5.41, 5.74) is 7.35. The van der Waals surface area contributed by atoms with E-state index in [4.69, 9.17) is 17.3 Å². The predicted molar refractivity (Wildman–Crippen MR) is 109 cm³/mol. The van der Waals surface area contributed by atoms with E-state index in [1.165, 1.54) is 0 Å². The molecule has 0 aliphatic rings. The van der Waals surface area contributed by atoms with Crippen LogP contribution in [0.4, 0.5) is 0 Å². The van der Waals surface area contributed by atoms with Gasteiger partial charge in [0.1, 0.15) is 5.66 Å². The first-order valence-corrected chi connectivity index (χ1v) is 10.4. The van der Waals surface area contributed by atoms with Gasteiger partial charge in [-0.25, -0.2) is 8.42 Å². The van der Waals surface area contributed by atoms with E-state index in [9.17, 15) is 8.42 Å². The maximum atomic E-state index is 13.0. The van der Waals surface area contributed by atoms with Gasteiger partial charge in [-0.3, -0.25) is 0 Å². The van der Waals surface area contributed by atoms with Crippen molar-refractivity contribution in [3.8, 4) is 0 Å². The minimum atomic E-state index is -3.90. The van der Waals surface area contributed by atoms with Crippen molar-refractivity contribution in [2.24, 2.45) is 5.73 Å². The van der Waals surface area contributed by atoms with Crippen molar-refractivity contribution in [1.29, 1.82) is 0 Å². The molecule has 3 rings (SSSR count). The Bertz CT molecular complexity index is 993. The summed E-state index contributed by atoms with van der Waals surface area (Å²) < 4.78 is 28.7. The van der Waals surface area contributed by atoms with Crippen LogP contribution >= 0.6 is 11.6 Å². The molecule has 0 aliphatic carbocycles. The molecule has 0 fully saturated rings. The zero-order chi connectivity index (χ0) is 19.5. The highest BCUT2D eigenvalue weighted by atomic mass is 35.5. The molecule has 0 radical (unpaired) electrons. The van der Waals surface area contributed by atoms with Gasteiger partial charge in [0.15, 0.2) is 0 Å². The van der Waals surface area contributed by atoms with Crippen LogP contribution in [0.5, 0.6) is 0 Å². The summed E-state index contributed by atoms with van der Waals surface area (Å²) in [5.74, 6) is 0. The molecule has 0 saturated heterocycles. The lowest BCUT2D eigenvalue weighted by molar-refractivity contribution is 0.392. The maximum Gasteiger partial charge on any atom is 0.242 e. The van der Waals surface area contributed by atoms with Crippen molar-refractivity contribution in [3.63, 3.8) is 0 Å². The smallest absolute Gasteiger partial charge is 0.242 e. The highest BCUT2D eigenvalue weighted by molar-refractivity contribution is 7.89. The second kappa shape index (κ2) is 7.82. The topological polar surface area (TPSA) is 72.2 Å². The monoisotopic (exact) mass is 400 g/mol. The van der Waals surface area contributed by atoms with E-state index >= 15 is 0 Å². The van der Waals surface area contributed by atoms with E-state index in [0.29, 0.717) is 5.56 Å². The second-order valence-electron chi connectivity index (χ2n) is 6.43. The lowest BCUT2D eigenvalue weighted by atomic mass is 9.93. The van der Waals surface area contributed by atoms with Crippen molar-refractivity contribution in [2.45, 2.75) is 22.9 Å². The Kier molecular flexibility index (Phi) is 5.67. The highest BCUT2D eigenvalue weighted by Gasteiger charge is 2.40. The third-order valence-corrected chi connectivity index (χ3v) is 6.47. The number of alkyl halides is 1. The summed E-state index contributed by atoms with van der Waals surface area (Å²) in [5, 5.41) is -0.818. The van der Waals surface area contributed by atoms with Gasteiger partial charge in [0, 0.05) is 0 Å². The van der Waals surface area contributed by atoms with Crippen molar-refractivity contribution in [3.05, 3.63) is 102 Å². The Morgan fingerprint density at radius 2 is 1.41 bits per heavy atom. The average Bonchev–Trinajstić information content (AvgIpc) is 2.68. The van der Waals surface area contributed by atoms with Gasteiger partial charge in [-0.2, -0.15) is 4.72 Å². The van der Waals surface area contributed by atoms with Crippen molar-refractivity contribution < 1.29 is 8.42 Å². The van der Waals surface area contributed by atoms with Crippen LogP contribution in [-0.4, -0.2) is 8.42 Å². The van der Waals surface area contributed by atoms with E-state index in [-0.39, 0.29) is 4.90 Å². The Balaban J connectivity index is 2.06. The summed E-state index contributed by atoms with van der Waals surface area (Å²) in [6.45, 7) is 1.89. The molecule has 0 saturated carbocycles. The molecular weight excluding hydrogens is 380 g/mol. The number of nitrogens with two attached hydrogens (primary N) is 1. The van der Waals surface area contributed by atoms with Gasteiger partial charge in [0.25, 0.3) is 0 Å². The molecule has 4 nitrogen and oxygen atoms in total. The van der Waals surface area contributed by atoms with E-state index in [1.807, 2.05) is 43.3 Å². The normalized spacial score (nSPS) is 15.1. The average molecular weight is 401 g/mol. The van der Waals surface area contributed by atoms with E-state index < -0.39 is 21.1 Å². The Morgan fingerprint density at radius 1 is 0.889 bits per heavy atom. The number of hydrogen-bond donors (Lipinski definition) is 2. The van der Waals surface area contributed by atoms with Gasteiger partial charge in [0.05, 0.1) is 10.3 Å². The first-order chi connectivity index (χ1) is 12.8. The number of halogens is 1. The van der Waals surface area contributed by atoms with Gasteiger partial charge >= 0.3 is 0 Å². The summed E-state index contributed by atoms with van der Waals surface area (Å²) in [7, 11) is -3.90. The van der Waals surface area contributed by atoms with Crippen LogP contribution in [0.25, 0.3) is 0 Å².